The Hall–Kier alpha value is -0.860. The Kier molecular flexibility index (Phi) is 5.66. The Morgan fingerprint density at radius 3 is 2.88 bits per heavy atom. The molecule has 0 aliphatic rings. The SMILES string of the molecule is CN(C)CCc1nnc(C(S)CNC(=O)O)s1. The molecule has 0 aromatic carbocycles. The van der Waals surface area contributed by atoms with Crippen molar-refractivity contribution in [2.45, 2.75) is 11.7 Å². The fourth-order valence-corrected chi connectivity index (χ4v) is 2.21. The largest absolute Gasteiger partial charge is 0.465 e. The topological polar surface area (TPSA) is 78.4 Å². The number of carbonyl (C=O) groups is 1. The molecule has 6 nitrogen and oxygen atoms in total. The first-order valence-corrected chi connectivity index (χ1v) is 6.44. The maximum absolute atomic E-state index is 10.3. The van der Waals surface area contributed by atoms with Gasteiger partial charge in [0.1, 0.15) is 10.0 Å². The number of hydrogen-bond donors (Lipinski definition) is 3. The molecule has 0 radical (unpaired) electrons. The number of nitrogens with zero attached hydrogens (tertiary/aromatic N) is 3. The van der Waals surface area contributed by atoms with Crippen molar-refractivity contribution in [3.8, 4) is 0 Å². The van der Waals surface area contributed by atoms with Crippen LogP contribution >= 0.6 is 24.0 Å². The van der Waals surface area contributed by atoms with Crippen LogP contribution in [0, 0.1) is 0 Å². The second kappa shape index (κ2) is 6.77. The molecule has 0 saturated carbocycles. The zero-order chi connectivity index (χ0) is 12.8. The van der Waals surface area contributed by atoms with Gasteiger partial charge in [0.2, 0.25) is 0 Å². The van der Waals surface area contributed by atoms with E-state index in [1.54, 1.807) is 0 Å². The van der Waals surface area contributed by atoms with Crippen molar-refractivity contribution in [1.82, 2.24) is 20.4 Å². The molecule has 0 aliphatic heterocycles. The molecule has 0 saturated heterocycles. The van der Waals surface area contributed by atoms with E-state index in [2.05, 4.69) is 33.0 Å². The van der Waals surface area contributed by atoms with Gasteiger partial charge in [-0.3, -0.25) is 0 Å². The van der Waals surface area contributed by atoms with E-state index in [0.717, 1.165) is 23.0 Å². The Balaban J connectivity index is 2.46. The fraction of sp³-hybridized carbons (Fsp3) is 0.667. The van der Waals surface area contributed by atoms with Crippen LogP contribution in [0.5, 0.6) is 0 Å². The van der Waals surface area contributed by atoms with Gasteiger partial charge in [-0.2, -0.15) is 12.6 Å². The van der Waals surface area contributed by atoms with Crippen LogP contribution in [0.25, 0.3) is 0 Å². The predicted octanol–water partition coefficient (Wildman–Crippen LogP) is 0.881. The number of carboxylic acid groups (broad SMARTS) is 1. The molecule has 8 heteroatoms. The van der Waals surface area contributed by atoms with Crippen LogP contribution in [0.1, 0.15) is 15.3 Å². The van der Waals surface area contributed by atoms with Gasteiger partial charge in [0.15, 0.2) is 0 Å². The highest BCUT2D eigenvalue weighted by Crippen LogP contribution is 2.22. The van der Waals surface area contributed by atoms with E-state index in [1.165, 1.54) is 11.3 Å². The third kappa shape index (κ3) is 5.33. The van der Waals surface area contributed by atoms with E-state index >= 15 is 0 Å². The number of rotatable bonds is 6. The number of thiol groups is 1. The summed E-state index contributed by atoms with van der Waals surface area (Å²) in [6.45, 7) is 1.15. The average molecular weight is 276 g/mol. The van der Waals surface area contributed by atoms with Gasteiger partial charge in [-0.05, 0) is 14.1 Å². The van der Waals surface area contributed by atoms with Gasteiger partial charge in [-0.1, -0.05) is 0 Å². The lowest BCUT2D eigenvalue weighted by atomic mass is 10.4. The van der Waals surface area contributed by atoms with E-state index in [0.29, 0.717) is 0 Å². The lowest BCUT2D eigenvalue weighted by Crippen LogP contribution is -2.24. The third-order valence-electron chi connectivity index (χ3n) is 1.99. The van der Waals surface area contributed by atoms with E-state index < -0.39 is 6.09 Å². The third-order valence-corrected chi connectivity index (χ3v) is 3.69. The second-order valence-electron chi connectivity index (χ2n) is 3.79. The zero-order valence-corrected chi connectivity index (χ0v) is 11.5. The molecule has 1 amide bonds. The second-order valence-corrected chi connectivity index (χ2v) is 5.51. The van der Waals surface area contributed by atoms with Gasteiger partial charge in [0.25, 0.3) is 0 Å². The lowest BCUT2D eigenvalue weighted by Gasteiger charge is -2.06. The van der Waals surface area contributed by atoms with Crippen LogP contribution in [0.2, 0.25) is 0 Å². The van der Waals surface area contributed by atoms with Crippen LogP contribution in [0.3, 0.4) is 0 Å². The number of nitrogens with one attached hydrogen (secondary N) is 1. The van der Waals surface area contributed by atoms with Crippen molar-refractivity contribution in [2.75, 3.05) is 27.2 Å². The molecule has 1 atom stereocenters. The number of amides is 1. The van der Waals surface area contributed by atoms with Gasteiger partial charge in [-0.15, -0.1) is 21.5 Å². The highest BCUT2D eigenvalue weighted by Gasteiger charge is 2.13. The summed E-state index contributed by atoms with van der Waals surface area (Å²) < 4.78 is 0. The normalized spacial score (nSPS) is 12.7. The van der Waals surface area contributed by atoms with Gasteiger partial charge >= 0.3 is 6.09 Å². The van der Waals surface area contributed by atoms with Crippen molar-refractivity contribution in [3.63, 3.8) is 0 Å². The number of aromatic nitrogens is 2. The van der Waals surface area contributed by atoms with Crippen LogP contribution in [0.15, 0.2) is 0 Å². The van der Waals surface area contributed by atoms with Crippen LogP contribution < -0.4 is 5.32 Å². The minimum atomic E-state index is -1.05. The highest BCUT2D eigenvalue weighted by atomic mass is 32.1. The molecule has 1 aromatic rings. The molecule has 0 bridgehead atoms. The maximum atomic E-state index is 10.3. The van der Waals surface area contributed by atoms with Crippen molar-refractivity contribution in [1.29, 1.82) is 0 Å². The molecule has 1 rings (SSSR count). The average Bonchev–Trinajstić information content (AvgIpc) is 2.71. The summed E-state index contributed by atoms with van der Waals surface area (Å²) in [5, 5.41) is 20.3. The summed E-state index contributed by atoms with van der Waals surface area (Å²) in [6, 6.07) is 0. The lowest BCUT2D eigenvalue weighted by molar-refractivity contribution is 0.194. The highest BCUT2D eigenvalue weighted by molar-refractivity contribution is 7.80. The Morgan fingerprint density at radius 1 is 1.59 bits per heavy atom. The summed E-state index contributed by atoms with van der Waals surface area (Å²) in [5.41, 5.74) is 0. The van der Waals surface area contributed by atoms with Crippen LogP contribution in [-0.2, 0) is 6.42 Å². The summed E-state index contributed by atoms with van der Waals surface area (Å²) in [6.07, 6.45) is -0.209. The first kappa shape index (κ1) is 14.2. The minimum Gasteiger partial charge on any atom is -0.465 e. The van der Waals surface area contributed by atoms with Crippen LogP contribution in [0.4, 0.5) is 4.79 Å². The first-order chi connectivity index (χ1) is 7.99. The summed E-state index contributed by atoms with van der Waals surface area (Å²) >= 11 is 5.76. The van der Waals surface area contributed by atoms with Gasteiger partial charge in [0, 0.05) is 19.5 Å². The van der Waals surface area contributed by atoms with E-state index in [-0.39, 0.29) is 11.8 Å². The van der Waals surface area contributed by atoms with Crippen molar-refractivity contribution < 1.29 is 9.90 Å². The summed E-state index contributed by atoms with van der Waals surface area (Å²) in [4.78, 5) is 12.4. The Morgan fingerprint density at radius 2 is 2.29 bits per heavy atom. The molecule has 0 fully saturated rings. The smallest absolute Gasteiger partial charge is 0.404 e. The molecule has 17 heavy (non-hydrogen) atoms. The van der Waals surface area contributed by atoms with E-state index in [9.17, 15) is 4.79 Å². The van der Waals surface area contributed by atoms with E-state index in [4.69, 9.17) is 5.11 Å². The number of likely N-dealkylation sites (N-methyl/N-ethyl adjacent to an activating group) is 1. The van der Waals surface area contributed by atoms with Gasteiger partial charge in [0.05, 0.1) is 5.25 Å². The standard InChI is InChI=1S/C9H16N4O2S2/c1-13(2)4-3-7-11-12-8(17-7)6(16)5-10-9(14)15/h6,10,16H,3-5H2,1-2H3,(H,14,15). The van der Waals surface area contributed by atoms with Crippen molar-refractivity contribution >= 4 is 30.1 Å². The quantitative estimate of drug-likeness (QED) is 0.672. The molecule has 1 heterocycles. The summed E-state index contributed by atoms with van der Waals surface area (Å²) in [5.74, 6) is 0. The molecular weight excluding hydrogens is 260 g/mol. The fourth-order valence-electron chi connectivity index (χ4n) is 1.09. The minimum absolute atomic E-state index is 0.237. The summed E-state index contributed by atoms with van der Waals surface area (Å²) in [7, 11) is 4.00. The molecule has 96 valence electrons. The number of hydrogen-bond acceptors (Lipinski definition) is 6. The molecular formula is C9H16N4O2S2. The Labute approximate surface area is 109 Å². The predicted molar refractivity (Wildman–Crippen MR) is 69.9 cm³/mol. The maximum Gasteiger partial charge on any atom is 0.404 e. The first-order valence-electron chi connectivity index (χ1n) is 5.11. The molecule has 0 spiro atoms. The molecule has 0 aliphatic carbocycles. The Bertz CT molecular complexity index is 370. The van der Waals surface area contributed by atoms with Gasteiger partial charge in [-0.25, -0.2) is 4.79 Å². The van der Waals surface area contributed by atoms with Crippen molar-refractivity contribution in [2.24, 2.45) is 0 Å². The molecule has 1 aromatic heterocycles. The molecule has 2 N–H and O–H groups in total. The zero-order valence-electron chi connectivity index (χ0n) is 9.75. The van der Waals surface area contributed by atoms with E-state index in [1.807, 2.05) is 14.1 Å². The molecule has 1 unspecified atom stereocenters. The van der Waals surface area contributed by atoms with Crippen molar-refractivity contribution in [3.05, 3.63) is 10.0 Å². The van der Waals surface area contributed by atoms with Gasteiger partial charge < -0.3 is 15.3 Å². The monoisotopic (exact) mass is 276 g/mol. The van der Waals surface area contributed by atoms with Crippen LogP contribution in [-0.4, -0.2) is 53.5 Å².